The van der Waals surface area contributed by atoms with Gasteiger partial charge in [0, 0.05) is 0 Å². The van der Waals surface area contributed by atoms with Crippen LogP contribution in [0.5, 0.6) is 0 Å². The van der Waals surface area contributed by atoms with E-state index in [0.29, 0.717) is 11.1 Å². The molecule has 1 atom stereocenters. The Morgan fingerprint density at radius 1 is 0.941 bits per heavy atom. The Morgan fingerprint density at radius 2 is 1.41 bits per heavy atom. The number of hydroxylamine groups is 2. The molecule has 2 saturated carbocycles. The number of hydrogen-bond donors (Lipinski definition) is 1. The monoisotopic (exact) mass is 240 g/mol. The van der Waals surface area contributed by atoms with E-state index in [0.717, 1.165) is 37.5 Å². The number of nitroso groups, excluding NO2 is 1. The van der Waals surface area contributed by atoms with Crippen LogP contribution < -0.4 is 5.06 Å². The van der Waals surface area contributed by atoms with Crippen LogP contribution in [-0.4, -0.2) is 19.1 Å². The molecular weight excluding hydrogens is 216 g/mol. The fourth-order valence-electron chi connectivity index (χ4n) is 3.68. The molecule has 0 radical (unpaired) electrons. The molecule has 0 spiro atoms. The molecule has 0 aromatic carbocycles. The molecule has 98 valence electrons. The van der Waals surface area contributed by atoms with Crippen molar-refractivity contribution in [1.82, 2.24) is 0 Å². The fourth-order valence-corrected chi connectivity index (χ4v) is 3.68. The molecule has 0 aromatic rings. The van der Waals surface area contributed by atoms with E-state index < -0.39 is 0 Å². The maximum absolute atomic E-state index is 11.3. The highest BCUT2D eigenvalue weighted by molar-refractivity contribution is 4.83. The largest absolute Gasteiger partial charge is 0.634 e. The number of quaternary nitrogens is 1. The maximum Gasteiger partial charge on any atom is 0.0920 e. The number of rotatable bonds is 3. The van der Waals surface area contributed by atoms with Crippen molar-refractivity contribution in [2.24, 2.45) is 17.0 Å². The van der Waals surface area contributed by atoms with Crippen molar-refractivity contribution in [2.75, 3.05) is 7.05 Å². The zero-order chi connectivity index (χ0) is 12.3. The van der Waals surface area contributed by atoms with Gasteiger partial charge in [0.1, 0.15) is 0 Å². The third-order valence-electron chi connectivity index (χ3n) is 4.90. The Kier molecular flexibility index (Phi) is 4.51. The van der Waals surface area contributed by atoms with Gasteiger partial charge in [0.2, 0.25) is 0 Å². The van der Waals surface area contributed by atoms with Crippen molar-refractivity contribution in [3.05, 3.63) is 10.1 Å². The summed E-state index contributed by atoms with van der Waals surface area (Å²) in [6.07, 6.45) is 8.93. The molecular formula is C13H24N2O2. The minimum Gasteiger partial charge on any atom is -0.634 e. The molecule has 4 nitrogen and oxygen atoms in total. The van der Waals surface area contributed by atoms with Crippen LogP contribution in [0.15, 0.2) is 5.18 Å². The Labute approximate surface area is 103 Å². The Balaban J connectivity index is 1.76. The van der Waals surface area contributed by atoms with E-state index in [4.69, 9.17) is 0 Å². The van der Waals surface area contributed by atoms with Crippen molar-refractivity contribution in [1.29, 1.82) is 0 Å². The van der Waals surface area contributed by atoms with E-state index in [2.05, 4.69) is 5.18 Å². The first kappa shape index (κ1) is 13.0. The molecule has 2 fully saturated rings. The minimum atomic E-state index is 0.0832. The average molecular weight is 240 g/mol. The van der Waals surface area contributed by atoms with Gasteiger partial charge in [-0.2, -0.15) is 4.91 Å². The normalized spacial score (nSPS) is 40.8. The lowest BCUT2D eigenvalue weighted by molar-refractivity contribution is -0.856. The van der Waals surface area contributed by atoms with Crippen LogP contribution in [0, 0.1) is 22.0 Å². The lowest BCUT2D eigenvalue weighted by atomic mass is 9.71. The van der Waals surface area contributed by atoms with Crippen molar-refractivity contribution in [2.45, 2.75) is 63.5 Å². The standard InChI is InChI=1S/C13H24N2O2/c1-15(17)13-8-4-11(5-9-13)10-2-6-12(14-16)7-3-10/h10-13,15H,2-9H2,1H3. The van der Waals surface area contributed by atoms with Crippen molar-refractivity contribution < 1.29 is 5.06 Å². The van der Waals surface area contributed by atoms with Gasteiger partial charge in [-0.1, -0.05) is 5.18 Å². The van der Waals surface area contributed by atoms with Gasteiger partial charge in [0.25, 0.3) is 0 Å². The molecule has 2 rings (SSSR count). The van der Waals surface area contributed by atoms with E-state index >= 15 is 0 Å². The first-order chi connectivity index (χ1) is 8.20. The maximum atomic E-state index is 11.3. The second kappa shape index (κ2) is 5.91. The predicted molar refractivity (Wildman–Crippen MR) is 67.5 cm³/mol. The lowest BCUT2D eigenvalue weighted by Gasteiger charge is -2.38. The van der Waals surface area contributed by atoms with Crippen LogP contribution >= 0.6 is 0 Å². The topological polar surface area (TPSA) is 56.9 Å². The number of nitrogens with zero attached hydrogens (tertiary/aromatic N) is 1. The molecule has 0 bridgehead atoms. The summed E-state index contributed by atoms with van der Waals surface area (Å²) in [7, 11) is 1.73. The van der Waals surface area contributed by atoms with Crippen LogP contribution in [0.3, 0.4) is 0 Å². The molecule has 0 amide bonds. The molecule has 0 aliphatic heterocycles. The predicted octanol–water partition coefficient (Wildman–Crippen LogP) is 1.88. The zero-order valence-corrected chi connectivity index (χ0v) is 10.7. The smallest absolute Gasteiger partial charge is 0.0920 e. The first-order valence-corrected chi connectivity index (χ1v) is 7.03. The summed E-state index contributed by atoms with van der Waals surface area (Å²) in [6, 6.07) is 0.416. The Hall–Kier alpha value is -0.480. The summed E-state index contributed by atoms with van der Waals surface area (Å²) >= 11 is 0. The fraction of sp³-hybridized carbons (Fsp3) is 1.00. The summed E-state index contributed by atoms with van der Waals surface area (Å²) < 4.78 is 0. The Morgan fingerprint density at radius 3 is 1.82 bits per heavy atom. The molecule has 0 saturated heterocycles. The zero-order valence-electron chi connectivity index (χ0n) is 10.7. The van der Waals surface area contributed by atoms with Crippen molar-refractivity contribution in [3.63, 3.8) is 0 Å². The van der Waals surface area contributed by atoms with Crippen LogP contribution in [0.2, 0.25) is 0 Å². The highest BCUT2D eigenvalue weighted by Crippen LogP contribution is 2.38. The van der Waals surface area contributed by atoms with E-state index in [1.807, 2.05) is 0 Å². The molecule has 2 aliphatic rings. The van der Waals surface area contributed by atoms with Crippen LogP contribution in [0.25, 0.3) is 0 Å². The summed E-state index contributed by atoms with van der Waals surface area (Å²) in [6.45, 7) is 0. The molecule has 17 heavy (non-hydrogen) atoms. The summed E-state index contributed by atoms with van der Waals surface area (Å²) in [5.74, 6) is 1.60. The van der Waals surface area contributed by atoms with Gasteiger partial charge in [-0.05, 0) is 63.2 Å². The lowest BCUT2D eigenvalue weighted by Crippen LogP contribution is -3.08. The molecule has 2 aliphatic carbocycles. The van der Waals surface area contributed by atoms with E-state index in [-0.39, 0.29) is 6.04 Å². The van der Waals surface area contributed by atoms with Crippen LogP contribution in [0.1, 0.15) is 51.4 Å². The molecule has 0 aromatic heterocycles. The summed E-state index contributed by atoms with van der Waals surface area (Å²) in [4.78, 5) is 10.5. The summed E-state index contributed by atoms with van der Waals surface area (Å²) in [5, 5.41) is 14.9. The van der Waals surface area contributed by atoms with Gasteiger partial charge in [0.15, 0.2) is 0 Å². The highest BCUT2D eigenvalue weighted by Gasteiger charge is 2.32. The van der Waals surface area contributed by atoms with Gasteiger partial charge in [-0.25, -0.2) is 0 Å². The van der Waals surface area contributed by atoms with Crippen molar-refractivity contribution in [3.8, 4) is 0 Å². The molecule has 1 unspecified atom stereocenters. The van der Waals surface area contributed by atoms with Gasteiger partial charge < -0.3 is 10.3 Å². The Bertz CT molecular complexity index is 242. The molecule has 4 heteroatoms. The van der Waals surface area contributed by atoms with E-state index in [9.17, 15) is 10.1 Å². The summed E-state index contributed by atoms with van der Waals surface area (Å²) in [5.41, 5.74) is 0. The van der Waals surface area contributed by atoms with Gasteiger partial charge in [-0.3, -0.25) is 0 Å². The molecule has 1 N–H and O–H groups in total. The third kappa shape index (κ3) is 3.26. The third-order valence-corrected chi connectivity index (χ3v) is 4.90. The second-order valence-corrected chi connectivity index (χ2v) is 5.90. The van der Waals surface area contributed by atoms with Crippen LogP contribution in [-0.2, 0) is 0 Å². The number of hydrogen-bond acceptors (Lipinski definition) is 3. The van der Waals surface area contributed by atoms with E-state index in [1.54, 1.807) is 7.05 Å². The van der Waals surface area contributed by atoms with Gasteiger partial charge >= 0.3 is 0 Å². The minimum absolute atomic E-state index is 0.0832. The SMILES string of the molecule is C[NH+]([O-])C1CCC(C2CCC(N=O)CC2)CC1. The number of nitrogens with one attached hydrogen (secondary N) is 1. The second-order valence-electron chi connectivity index (χ2n) is 5.90. The quantitative estimate of drug-likeness (QED) is 0.605. The van der Waals surface area contributed by atoms with Gasteiger partial charge in [-0.15, -0.1) is 0 Å². The van der Waals surface area contributed by atoms with E-state index in [1.165, 1.54) is 25.7 Å². The van der Waals surface area contributed by atoms with Crippen molar-refractivity contribution >= 4 is 0 Å². The van der Waals surface area contributed by atoms with Crippen LogP contribution in [0.4, 0.5) is 0 Å². The highest BCUT2D eigenvalue weighted by atomic mass is 16.5. The molecule has 0 heterocycles. The van der Waals surface area contributed by atoms with Gasteiger partial charge in [0.05, 0.1) is 19.1 Å². The first-order valence-electron chi connectivity index (χ1n) is 7.03. The average Bonchev–Trinajstić information content (AvgIpc) is 2.39.